The van der Waals surface area contributed by atoms with Crippen molar-refractivity contribution < 1.29 is 80.2 Å². The van der Waals surface area contributed by atoms with E-state index in [1.165, 1.54) is 70.6 Å². The van der Waals surface area contributed by atoms with E-state index in [0.29, 0.717) is 32.1 Å². The first kappa shape index (κ1) is 101. The molecular formula is C87H146O17P2. The molecule has 0 fully saturated rings. The average molecular weight is 1530 g/mol. The summed E-state index contributed by atoms with van der Waals surface area (Å²) < 4.78 is 68.6. The third-order valence-corrected chi connectivity index (χ3v) is 18.7. The molecule has 0 aromatic heterocycles. The second-order valence-corrected chi connectivity index (χ2v) is 29.9. The Morgan fingerprint density at radius 2 is 0.509 bits per heavy atom. The van der Waals surface area contributed by atoms with Crippen molar-refractivity contribution in [3.8, 4) is 0 Å². The Labute approximate surface area is 643 Å². The molecule has 0 saturated heterocycles. The highest BCUT2D eigenvalue weighted by atomic mass is 31.2. The number of phosphoric ester groups is 2. The van der Waals surface area contributed by atoms with Crippen LogP contribution in [0.5, 0.6) is 0 Å². The summed E-state index contributed by atoms with van der Waals surface area (Å²) in [6.45, 7) is 4.58. The maximum Gasteiger partial charge on any atom is 0.472 e. The standard InChI is InChI=1S/C87H146O17P2/c1-5-9-13-17-21-25-29-33-36-38-40-42-45-48-52-56-60-64-68-72-85(90)98-78-83(104-87(92)74-70-66-62-58-54-50-46-43-41-39-37-34-30-26-22-18-14-10-6-2)80-102-106(95,96)100-76-81(88)75-99-105(93,94)101-79-82(77-97-84(89)71-67-63-59-55-51-47-32-28-24-20-16-12-8-4)103-86(91)73-69-65-61-57-53-49-44-35-31-27-23-19-15-11-7-3/h9,13,21-22,25-28,31-34,36-37,40-43,48,50,52,54,62,66,81-83,88H,5-8,10-12,14-20,23-24,29-30,35,38-39,44-47,49,51,53,55-61,63-65,67-80H2,1-4H3,(H,93,94)(H,95,96)/b13-9-,25-21-,26-22-,31-27-,32-28-,36-33-,37-34-,42-40-,43-41-,52-48-,54-50-,66-62-/t81-,82+,83+/m0/s1. The van der Waals surface area contributed by atoms with Crippen molar-refractivity contribution in [2.75, 3.05) is 39.6 Å². The van der Waals surface area contributed by atoms with Gasteiger partial charge in [-0.2, -0.15) is 0 Å². The number of hydrogen-bond acceptors (Lipinski definition) is 15. The highest BCUT2D eigenvalue weighted by Gasteiger charge is 2.30. The summed E-state index contributed by atoms with van der Waals surface area (Å²) in [6, 6.07) is 0. The molecule has 0 aliphatic carbocycles. The van der Waals surface area contributed by atoms with Gasteiger partial charge in [0.25, 0.3) is 0 Å². The molecule has 0 saturated carbocycles. The zero-order valence-corrected chi connectivity index (χ0v) is 68.1. The van der Waals surface area contributed by atoms with Crippen LogP contribution in [-0.4, -0.2) is 96.7 Å². The van der Waals surface area contributed by atoms with Crippen molar-refractivity contribution in [1.82, 2.24) is 0 Å². The Morgan fingerprint density at radius 1 is 0.274 bits per heavy atom. The maximum absolute atomic E-state index is 13.1. The number of carbonyl (C=O) groups is 4. The van der Waals surface area contributed by atoms with E-state index in [2.05, 4.69) is 155 Å². The molecule has 0 aromatic carbocycles. The second kappa shape index (κ2) is 78.1. The van der Waals surface area contributed by atoms with Crippen molar-refractivity contribution in [1.29, 1.82) is 0 Å². The Bertz CT molecular complexity index is 2580. The van der Waals surface area contributed by atoms with Crippen LogP contribution >= 0.6 is 15.6 Å². The van der Waals surface area contributed by atoms with Crippen LogP contribution in [0.1, 0.15) is 323 Å². The number of hydrogen-bond donors (Lipinski definition) is 3. The monoisotopic (exact) mass is 1530 g/mol. The van der Waals surface area contributed by atoms with Crippen LogP contribution in [0.3, 0.4) is 0 Å². The van der Waals surface area contributed by atoms with Crippen molar-refractivity contribution in [3.05, 3.63) is 146 Å². The van der Waals surface area contributed by atoms with Crippen LogP contribution in [-0.2, 0) is 65.4 Å². The molecule has 19 heteroatoms. The Kier molecular flexibility index (Phi) is 74.3. The van der Waals surface area contributed by atoms with Gasteiger partial charge in [-0.3, -0.25) is 37.3 Å². The second-order valence-electron chi connectivity index (χ2n) is 27.0. The lowest BCUT2D eigenvalue weighted by Crippen LogP contribution is -2.30. The van der Waals surface area contributed by atoms with Crippen molar-refractivity contribution in [2.45, 2.75) is 341 Å². The number of carbonyl (C=O) groups excluding carboxylic acids is 4. The largest absolute Gasteiger partial charge is 0.472 e. The number of rotatable bonds is 76. The lowest BCUT2D eigenvalue weighted by Gasteiger charge is -2.21. The molecule has 0 heterocycles. The number of phosphoric acid groups is 2. The lowest BCUT2D eigenvalue weighted by atomic mass is 10.1. The van der Waals surface area contributed by atoms with Gasteiger partial charge < -0.3 is 33.8 Å². The van der Waals surface area contributed by atoms with Gasteiger partial charge in [0.15, 0.2) is 12.2 Å². The molecule has 2 unspecified atom stereocenters. The fourth-order valence-electron chi connectivity index (χ4n) is 10.5. The molecular weight excluding hydrogens is 1380 g/mol. The summed E-state index contributed by atoms with van der Waals surface area (Å²) in [7, 11) is -10.0. The van der Waals surface area contributed by atoms with Gasteiger partial charge in [0.1, 0.15) is 19.3 Å². The Balaban J connectivity index is 5.48. The molecule has 0 radical (unpaired) electrons. The van der Waals surface area contributed by atoms with E-state index in [1.807, 2.05) is 18.2 Å². The van der Waals surface area contributed by atoms with E-state index >= 15 is 0 Å². The van der Waals surface area contributed by atoms with E-state index in [-0.39, 0.29) is 25.7 Å². The van der Waals surface area contributed by atoms with Gasteiger partial charge in [-0.15, -0.1) is 0 Å². The summed E-state index contributed by atoms with van der Waals surface area (Å²) in [5.74, 6) is -2.32. The van der Waals surface area contributed by atoms with Gasteiger partial charge in [-0.05, 0) is 161 Å². The Morgan fingerprint density at radius 3 is 0.849 bits per heavy atom. The normalized spacial score (nSPS) is 14.6. The molecule has 0 bridgehead atoms. The van der Waals surface area contributed by atoms with Crippen LogP contribution in [0, 0.1) is 0 Å². The van der Waals surface area contributed by atoms with Crippen molar-refractivity contribution in [2.24, 2.45) is 0 Å². The van der Waals surface area contributed by atoms with Crippen LogP contribution in [0.2, 0.25) is 0 Å². The first-order valence-corrected chi connectivity index (χ1v) is 44.1. The van der Waals surface area contributed by atoms with E-state index in [4.69, 9.17) is 37.0 Å². The fourth-order valence-corrected chi connectivity index (χ4v) is 12.1. The molecule has 0 amide bonds. The van der Waals surface area contributed by atoms with Crippen LogP contribution < -0.4 is 0 Å². The topological polar surface area (TPSA) is 237 Å². The fraction of sp³-hybridized carbons (Fsp3) is 0.678. The van der Waals surface area contributed by atoms with Crippen molar-refractivity contribution in [3.63, 3.8) is 0 Å². The van der Waals surface area contributed by atoms with E-state index in [9.17, 15) is 43.2 Å². The summed E-state index contributed by atoms with van der Waals surface area (Å²) in [5.41, 5.74) is 0. The molecule has 0 rings (SSSR count). The molecule has 0 aromatic rings. The number of unbranched alkanes of at least 4 members (excludes halogenated alkanes) is 26. The third kappa shape index (κ3) is 77.1. The number of allylic oxidation sites excluding steroid dienone is 24. The minimum Gasteiger partial charge on any atom is -0.462 e. The van der Waals surface area contributed by atoms with Gasteiger partial charge in [0.05, 0.1) is 26.4 Å². The van der Waals surface area contributed by atoms with E-state index < -0.39 is 97.5 Å². The quantitative estimate of drug-likeness (QED) is 0.0169. The molecule has 106 heavy (non-hydrogen) atoms. The molecule has 5 atom stereocenters. The zero-order chi connectivity index (χ0) is 77.4. The smallest absolute Gasteiger partial charge is 0.462 e. The third-order valence-electron chi connectivity index (χ3n) is 16.8. The zero-order valence-electron chi connectivity index (χ0n) is 66.3. The van der Waals surface area contributed by atoms with Crippen LogP contribution in [0.15, 0.2) is 146 Å². The molecule has 0 aliphatic rings. The van der Waals surface area contributed by atoms with E-state index in [1.54, 1.807) is 0 Å². The first-order chi connectivity index (χ1) is 51.7. The van der Waals surface area contributed by atoms with E-state index in [0.717, 1.165) is 167 Å². The molecule has 3 N–H and O–H groups in total. The molecule has 0 spiro atoms. The van der Waals surface area contributed by atoms with Crippen LogP contribution in [0.4, 0.5) is 0 Å². The van der Waals surface area contributed by atoms with Crippen molar-refractivity contribution >= 4 is 39.5 Å². The minimum absolute atomic E-state index is 0.0405. The SMILES string of the molecule is CC/C=C\C/C=C\C/C=C\C/C=C\C/C=C\CCCCCC(=O)OC[C@H](COP(=O)(O)OC[C@@H](O)COP(=O)(O)OC[C@@H](COC(=O)CCCCCCC/C=C\CCCCCC)OC(=O)CCCCCCCCC/C=C\CCCCCC)OC(=O)CC/C=C\C/C=C\C/C=C\C/C=C\C/C=C\CCCCC. The lowest BCUT2D eigenvalue weighted by molar-refractivity contribution is -0.161. The number of aliphatic hydroxyl groups excluding tert-OH is 1. The predicted molar refractivity (Wildman–Crippen MR) is 436 cm³/mol. The molecule has 0 aliphatic heterocycles. The molecule has 17 nitrogen and oxygen atoms in total. The summed E-state index contributed by atoms with van der Waals surface area (Å²) in [5, 5.41) is 10.6. The summed E-state index contributed by atoms with van der Waals surface area (Å²) in [6.07, 6.45) is 89.8. The Hall–Kier alpha value is -5.06. The number of esters is 4. The maximum atomic E-state index is 13.1. The highest BCUT2D eigenvalue weighted by molar-refractivity contribution is 7.47. The highest BCUT2D eigenvalue weighted by Crippen LogP contribution is 2.45. The minimum atomic E-state index is -5.01. The molecule has 606 valence electrons. The summed E-state index contributed by atoms with van der Waals surface area (Å²) in [4.78, 5) is 73.1. The van der Waals surface area contributed by atoms with Gasteiger partial charge >= 0.3 is 39.5 Å². The van der Waals surface area contributed by atoms with Crippen LogP contribution in [0.25, 0.3) is 0 Å². The predicted octanol–water partition coefficient (Wildman–Crippen LogP) is 24.2. The average Bonchev–Trinajstić information content (AvgIpc) is 0.903. The van der Waals surface area contributed by atoms with Gasteiger partial charge in [-0.1, -0.05) is 283 Å². The van der Waals surface area contributed by atoms with Gasteiger partial charge in [0, 0.05) is 25.7 Å². The number of aliphatic hydroxyl groups is 1. The number of ether oxygens (including phenoxy) is 4. The van der Waals surface area contributed by atoms with Gasteiger partial charge in [-0.25, -0.2) is 9.13 Å². The van der Waals surface area contributed by atoms with Gasteiger partial charge in [0.2, 0.25) is 0 Å². The summed E-state index contributed by atoms with van der Waals surface area (Å²) >= 11 is 0. The first-order valence-electron chi connectivity index (χ1n) is 41.1.